The molecule has 1 N–H and O–H groups in total. The van der Waals surface area contributed by atoms with Crippen LogP contribution in [0, 0.1) is 0 Å². The number of fused-ring (bicyclic) bond motifs is 1. The summed E-state index contributed by atoms with van der Waals surface area (Å²) in [5, 5.41) is 8.85. The highest BCUT2D eigenvalue weighted by atomic mass is 32.2. The van der Waals surface area contributed by atoms with Crippen LogP contribution in [0.25, 0.3) is 0 Å². The lowest BCUT2D eigenvalue weighted by Gasteiger charge is -2.19. The first kappa shape index (κ1) is 14.8. The molecule has 0 bridgehead atoms. The van der Waals surface area contributed by atoms with Crippen molar-refractivity contribution in [3.63, 3.8) is 0 Å². The van der Waals surface area contributed by atoms with E-state index in [0.29, 0.717) is 25.2 Å². The molecule has 110 valence electrons. The maximum Gasteiger partial charge on any atom is 0.318 e. The Hall–Kier alpha value is -1.60. The summed E-state index contributed by atoms with van der Waals surface area (Å²) in [7, 11) is -3.78. The maximum atomic E-state index is 12.5. The Morgan fingerprint density at radius 1 is 1.45 bits per heavy atom. The Labute approximate surface area is 118 Å². The fourth-order valence-corrected chi connectivity index (χ4v) is 3.69. The number of carboxylic acids is 1. The van der Waals surface area contributed by atoms with Gasteiger partial charge < -0.3 is 9.84 Å². The first-order valence-corrected chi connectivity index (χ1v) is 7.87. The summed E-state index contributed by atoms with van der Waals surface area (Å²) in [6.07, 6.45) is 1.23. The fraction of sp³-hybridized carbons (Fsp3) is 0.462. The van der Waals surface area contributed by atoms with Crippen LogP contribution in [0.1, 0.15) is 18.9 Å². The number of hydrogen-bond donors (Lipinski definition) is 1. The van der Waals surface area contributed by atoms with Crippen molar-refractivity contribution in [3.8, 4) is 5.75 Å². The molecule has 0 amide bonds. The van der Waals surface area contributed by atoms with Crippen LogP contribution in [0.5, 0.6) is 5.75 Å². The predicted molar refractivity (Wildman–Crippen MR) is 72.3 cm³/mol. The highest BCUT2D eigenvalue weighted by molar-refractivity contribution is 7.89. The van der Waals surface area contributed by atoms with Crippen LogP contribution in [-0.4, -0.2) is 43.5 Å². The molecular weight excluding hydrogens is 282 g/mol. The lowest BCUT2D eigenvalue weighted by molar-refractivity contribution is -0.137. The minimum Gasteiger partial charge on any atom is -0.493 e. The Morgan fingerprint density at radius 3 is 2.85 bits per heavy atom. The van der Waals surface area contributed by atoms with Crippen molar-refractivity contribution < 1.29 is 23.1 Å². The average Bonchev–Trinajstić information content (AvgIpc) is 2.84. The molecule has 0 radical (unpaired) electrons. The number of benzene rings is 1. The van der Waals surface area contributed by atoms with Gasteiger partial charge in [0.05, 0.1) is 11.5 Å². The Morgan fingerprint density at radius 2 is 2.20 bits per heavy atom. The summed E-state index contributed by atoms with van der Waals surface area (Å²) in [5.74, 6) is -0.462. The number of rotatable bonds is 6. The molecule has 0 fully saturated rings. The van der Waals surface area contributed by atoms with Crippen molar-refractivity contribution in [3.05, 3.63) is 23.8 Å². The second-order valence-corrected chi connectivity index (χ2v) is 6.54. The van der Waals surface area contributed by atoms with Gasteiger partial charge in [-0.3, -0.25) is 4.79 Å². The van der Waals surface area contributed by atoms with Gasteiger partial charge in [0, 0.05) is 13.0 Å². The largest absolute Gasteiger partial charge is 0.493 e. The second-order valence-electron chi connectivity index (χ2n) is 4.60. The van der Waals surface area contributed by atoms with Crippen LogP contribution in [-0.2, 0) is 21.2 Å². The van der Waals surface area contributed by atoms with Crippen LogP contribution >= 0.6 is 0 Å². The van der Waals surface area contributed by atoms with E-state index in [-0.39, 0.29) is 11.4 Å². The number of carbonyl (C=O) groups is 1. The van der Waals surface area contributed by atoms with Gasteiger partial charge in [-0.15, -0.1) is 0 Å². The van der Waals surface area contributed by atoms with Crippen molar-refractivity contribution in [2.45, 2.75) is 24.7 Å². The summed E-state index contributed by atoms with van der Waals surface area (Å²) in [6.45, 7) is 2.01. The number of carboxylic acid groups (broad SMARTS) is 1. The zero-order valence-electron chi connectivity index (χ0n) is 11.2. The highest BCUT2D eigenvalue weighted by Gasteiger charge is 2.27. The third-order valence-corrected chi connectivity index (χ3v) is 4.92. The van der Waals surface area contributed by atoms with E-state index in [1.807, 2.05) is 0 Å². The van der Waals surface area contributed by atoms with E-state index in [0.717, 1.165) is 9.87 Å². The second kappa shape index (κ2) is 5.80. The first-order valence-electron chi connectivity index (χ1n) is 6.43. The lowest BCUT2D eigenvalue weighted by Crippen LogP contribution is -2.36. The van der Waals surface area contributed by atoms with E-state index in [9.17, 15) is 13.2 Å². The number of sulfonamides is 1. The summed E-state index contributed by atoms with van der Waals surface area (Å²) in [4.78, 5) is 10.9. The van der Waals surface area contributed by atoms with Crippen LogP contribution in [0.3, 0.4) is 0 Å². The van der Waals surface area contributed by atoms with Crippen molar-refractivity contribution in [1.29, 1.82) is 0 Å². The molecule has 20 heavy (non-hydrogen) atoms. The molecule has 1 aromatic rings. The molecule has 1 aromatic carbocycles. The summed E-state index contributed by atoms with van der Waals surface area (Å²) in [5.41, 5.74) is 0.845. The molecule has 6 nitrogen and oxygen atoms in total. The van der Waals surface area contributed by atoms with E-state index in [2.05, 4.69) is 0 Å². The zero-order chi connectivity index (χ0) is 14.8. The van der Waals surface area contributed by atoms with Crippen molar-refractivity contribution in [2.75, 3.05) is 19.7 Å². The minimum atomic E-state index is -3.78. The number of ether oxygens (including phenoxy) is 1. The number of aliphatic carboxylic acids is 1. The van der Waals surface area contributed by atoms with Crippen LogP contribution in [0.15, 0.2) is 23.1 Å². The van der Waals surface area contributed by atoms with Crippen molar-refractivity contribution in [1.82, 2.24) is 4.31 Å². The van der Waals surface area contributed by atoms with Gasteiger partial charge in [0.2, 0.25) is 10.0 Å². The molecule has 1 aliphatic rings. The van der Waals surface area contributed by atoms with Gasteiger partial charge in [-0.05, 0) is 30.2 Å². The molecule has 1 aliphatic heterocycles. The van der Waals surface area contributed by atoms with Gasteiger partial charge in [-0.1, -0.05) is 6.92 Å². The minimum absolute atomic E-state index is 0.122. The van der Waals surface area contributed by atoms with Crippen molar-refractivity contribution >= 4 is 16.0 Å². The molecule has 7 heteroatoms. The number of hydrogen-bond acceptors (Lipinski definition) is 4. The van der Waals surface area contributed by atoms with Crippen LogP contribution < -0.4 is 4.74 Å². The monoisotopic (exact) mass is 299 g/mol. The molecule has 0 atom stereocenters. The molecule has 1 heterocycles. The summed E-state index contributed by atoms with van der Waals surface area (Å²) < 4.78 is 31.3. The van der Waals surface area contributed by atoms with E-state index >= 15 is 0 Å². The van der Waals surface area contributed by atoms with Crippen molar-refractivity contribution in [2.24, 2.45) is 0 Å². The SMILES string of the molecule is CCCN(CC(=O)O)S(=O)(=O)c1ccc2c(c1)CCO2. The third-order valence-electron chi connectivity index (χ3n) is 3.08. The molecule has 0 spiro atoms. The Balaban J connectivity index is 2.34. The molecule has 0 saturated carbocycles. The van der Waals surface area contributed by atoms with E-state index in [1.165, 1.54) is 6.07 Å². The Bertz CT molecular complexity index is 611. The normalized spacial score (nSPS) is 14.1. The molecule has 2 rings (SSSR count). The molecule has 0 unspecified atom stereocenters. The zero-order valence-corrected chi connectivity index (χ0v) is 12.0. The smallest absolute Gasteiger partial charge is 0.318 e. The topological polar surface area (TPSA) is 83.9 Å². The standard InChI is InChI=1S/C13H17NO5S/c1-2-6-14(9-13(15)16)20(17,18)11-3-4-12-10(8-11)5-7-19-12/h3-4,8H,2,5-7,9H2,1H3,(H,15,16). The molecule has 0 aromatic heterocycles. The average molecular weight is 299 g/mol. The van der Waals surface area contributed by atoms with Gasteiger partial charge in [0.25, 0.3) is 0 Å². The first-order chi connectivity index (χ1) is 9.45. The van der Waals surface area contributed by atoms with E-state index < -0.39 is 22.5 Å². The van der Waals surface area contributed by atoms with Gasteiger partial charge in [-0.25, -0.2) is 8.42 Å². The Kier molecular flexibility index (Phi) is 4.29. The van der Waals surface area contributed by atoms with Crippen LogP contribution in [0.4, 0.5) is 0 Å². The predicted octanol–water partition coefficient (Wildman–Crippen LogP) is 1.11. The van der Waals surface area contributed by atoms with Gasteiger partial charge >= 0.3 is 5.97 Å². The number of nitrogens with zero attached hydrogens (tertiary/aromatic N) is 1. The maximum absolute atomic E-state index is 12.5. The van der Waals surface area contributed by atoms with Crippen LogP contribution in [0.2, 0.25) is 0 Å². The third kappa shape index (κ3) is 2.94. The van der Waals surface area contributed by atoms with E-state index in [4.69, 9.17) is 9.84 Å². The van der Waals surface area contributed by atoms with E-state index in [1.54, 1.807) is 19.1 Å². The fourth-order valence-electron chi connectivity index (χ4n) is 2.16. The van der Waals surface area contributed by atoms with Gasteiger partial charge in [0.1, 0.15) is 12.3 Å². The lowest BCUT2D eigenvalue weighted by atomic mass is 10.2. The molecule has 0 aliphatic carbocycles. The quantitative estimate of drug-likeness (QED) is 0.850. The highest BCUT2D eigenvalue weighted by Crippen LogP contribution is 2.28. The van der Waals surface area contributed by atoms with Gasteiger partial charge in [0.15, 0.2) is 0 Å². The molecule has 0 saturated heterocycles. The summed E-state index contributed by atoms with van der Waals surface area (Å²) in [6, 6.07) is 4.66. The summed E-state index contributed by atoms with van der Waals surface area (Å²) >= 11 is 0. The van der Waals surface area contributed by atoms with Gasteiger partial charge in [-0.2, -0.15) is 4.31 Å². The molecular formula is C13H17NO5S.